The molecule has 0 bridgehead atoms. The molecular formula is C16H15ClO8. The van der Waals surface area contributed by atoms with Crippen molar-refractivity contribution in [3.63, 3.8) is 0 Å². The number of hydrogen-bond acceptors (Lipinski definition) is 8. The van der Waals surface area contributed by atoms with E-state index in [0.717, 1.165) is 27.7 Å². The van der Waals surface area contributed by atoms with Crippen LogP contribution < -0.4 is 10.4 Å². The van der Waals surface area contributed by atoms with Crippen LogP contribution in [-0.2, 0) is 38.1 Å². The van der Waals surface area contributed by atoms with Crippen LogP contribution in [0, 0.1) is 0 Å². The van der Waals surface area contributed by atoms with E-state index >= 15 is 0 Å². The second-order valence-electron chi connectivity index (χ2n) is 4.64. The summed E-state index contributed by atoms with van der Waals surface area (Å²) in [6.07, 6.45) is 0. The average molecular weight is 371 g/mol. The van der Waals surface area contributed by atoms with Crippen LogP contribution in [0.15, 0.2) is 18.2 Å². The Kier molecular flexibility index (Phi) is 7.13. The van der Waals surface area contributed by atoms with E-state index in [0.29, 0.717) is 0 Å². The normalized spacial score (nSPS) is 9.64. The number of halogens is 1. The standard InChI is InChI=1S/C16H15ClO8/c1-8(18)22-15(23-9(2)19)13-6-5-12(17)7-14(13)16(24-10(3)20)25-11(4)21/h5-7H,1-4H3. The first kappa shape index (κ1) is 20.2. The van der Waals surface area contributed by atoms with Crippen molar-refractivity contribution in [1.82, 2.24) is 0 Å². The van der Waals surface area contributed by atoms with Gasteiger partial charge in [-0.25, -0.2) is 0 Å². The molecule has 0 radical (unpaired) electrons. The summed E-state index contributed by atoms with van der Waals surface area (Å²) >= 11 is 5.93. The molecule has 8 nitrogen and oxygen atoms in total. The van der Waals surface area contributed by atoms with Crippen molar-refractivity contribution < 1.29 is 38.1 Å². The lowest BCUT2D eigenvalue weighted by Crippen LogP contribution is -2.33. The average Bonchev–Trinajstić information content (AvgIpc) is 2.43. The Labute approximate surface area is 147 Å². The molecule has 134 valence electrons. The summed E-state index contributed by atoms with van der Waals surface area (Å²) < 4.78 is 19.5. The van der Waals surface area contributed by atoms with Gasteiger partial charge in [-0.2, -0.15) is 0 Å². The van der Waals surface area contributed by atoms with Gasteiger partial charge in [0.2, 0.25) is 0 Å². The molecule has 0 atom stereocenters. The van der Waals surface area contributed by atoms with Gasteiger partial charge in [0.1, 0.15) is 0 Å². The fourth-order valence-corrected chi connectivity index (χ4v) is 1.82. The number of carbonyl (C=O) groups excluding carboxylic acids is 4. The molecule has 0 amide bonds. The molecule has 0 aromatic heterocycles. The molecule has 0 fully saturated rings. The van der Waals surface area contributed by atoms with Crippen molar-refractivity contribution in [3.8, 4) is 0 Å². The van der Waals surface area contributed by atoms with Gasteiger partial charge < -0.3 is 18.9 Å². The van der Waals surface area contributed by atoms with E-state index in [1.54, 1.807) is 0 Å². The number of carbonyl (C=O) groups is 4. The molecule has 9 heteroatoms. The van der Waals surface area contributed by atoms with Crippen LogP contribution in [0.2, 0.25) is 5.02 Å². The van der Waals surface area contributed by atoms with Crippen LogP contribution in [0.3, 0.4) is 0 Å². The predicted molar refractivity (Wildman–Crippen MR) is 84.6 cm³/mol. The van der Waals surface area contributed by atoms with Gasteiger partial charge in [-0.05, 0) is 18.2 Å². The van der Waals surface area contributed by atoms with E-state index in [9.17, 15) is 19.2 Å². The summed E-state index contributed by atoms with van der Waals surface area (Å²) in [5.41, 5.74) is 0. The monoisotopic (exact) mass is 370 g/mol. The minimum Gasteiger partial charge on any atom is -0.392 e. The van der Waals surface area contributed by atoms with Gasteiger partial charge in [-0.3, -0.25) is 19.2 Å². The van der Waals surface area contributed by atoms with Gasteiger partial charge in [0.05, 0.1) is 10.4 Å². The topological polar surface area (TPSA) is 105 Å². The summed E-state index contributed by atoms with van der Waals surface area (Å²) in [6, 6.07) is 4.03. The Bertz CT molecular complexity index is 804. The smallest absolute Gasteiger partial charge is 0.310 e. The Hall–Kier alpha value is -2.87. The SMILES string of the molecule is CC(=O)OC(OC(C)=O)=c1ccc(Cl)cc1=C(OC(C)=O)OC(C)=O. The minimum absolute atomic E-state index is 0.00676. The van der Waals surface area contributed by atoms with Crippen LogP contribution in [0.5, 0.6) is 0 Å². The molecular weight excluding hydrogens is 356 g/mol. The molecule has 1 aromatic carbocycles. The third kappa shape index (κ3) is 6.64. The summed E-state index contributed by atoms with van der Waals surface area (Å²) in [4.78, 5) is 45.1. The third-order valence-corrected chi connectivity index (χ3v) is 2.60. The molecule has 0 unspecified atom stereocenters. The molecule has 1 aromatic rings. The van der Waals surface area contributed by atoms with E-state index in [1.807, 2.05) is 0 Å². The molecule has 0 N–H and O–H groups in total. The highest BCUT2D eigenvalue weighted by Crippen LogP contribution is 2.07. The lowest BCUT2D eigenvalue weighted by Gasteiger charge is -2.09. The third-order valence-electron chi connectivity index (χ3n) is 2.37. The molecule has 0 aliphatic rings. The molecule has 0 aliphatic carbocycles. The Balaban J connectivity index is 3.91. The van der Waals surface area contributed by atoms with Gasteiger partial charge in [0.15, 0.2) is 0 Å². The lowest BCUT2D eigenvalue weighted by molar-refractivity contribution is -0.145. The van der Waals surface area contributed by atoms with Crippen molar-refractivity contribution in [1.29, 1.82) is 0 Å². The molecule has 0 saturated carbocycles. The number of esters is 4. The maximum atomic E-state index is 11.3. The van der Waals surface area contributed by atoms with Crippen LogP contribution >= 0.6 is 11.6 Å². The van der Waals surface area contributed by atoms with Crippen LogP contribution in [0.25, 0.3) is 11.9 Å². The van der Waals surface area contributed by atoms with E-state index in [-0.39, 0.29) is 15.5 Å². The maximum Gasteiger partial charge on any atom is 0.310 e. The number of hydrogen-bond donors (Lipinski definition) is 0. The summed E-state index contributed by atoms with van der Waals surface area (Å²) in [5.74, 6) is -4.07. The van der Waals surface area contributed by atoms with Crippen molar-refractivity contribution in [2.75, 3.05) is 0 Å². The van der Waals surface area contributed by atoms with Gasteiger partial charge in [0.25, 0.3) is 0 Å². The Morgan fingerprint density at radius 3 is 1.40 bits per heavy atom. The highest BCUT2D eigenvalue weighted by molar-refractivity contribution is 6.30. The molecule has 0 aliphatic heterocycles. The van der Waals surface area contributed by atoms with Crippen molar-refractivity contribution in [3.05, 3.63) is 33.7 Å². The quantitative estimate of drug-likeness (QED) is 0.714. The first-order valence-electron chi connectivity index (χ1n) is 6.88. The summed E-state index contributed by atoms with van der Waals surface area (Å²) in [6.45, 7) is 4.39. The van der Waals surface area contributed by atoms with Crippen LogP contribution in [0.1, 0.15) is 27.7 Å². The number of rotatable bonds is 4. The zero-order chi connectivity index (χ0) is 19.1. The Morgan fingerprint density at radius 2 is 1.04 bits per heavy atom. The second-order valence-corrected chi connectivity index (χ2v) is 5.08. The minimum atomic E-state index is -0.774. The highest BCUT2D eigenvalue weighted by atomic mass is 35.5. The van der Waals surface area contributed by atoms with Crippen LogP contribution in [0.4, 0.5) is 0 Å². The van der Waals surface area contributed by atoms with Gasteiger partial charge >= 0.3 is 35.8 Å². The van der Waals surface area contributed by atoms with E-state index in [2.05, 4.69) is 0 Å². The van der Waals surface area contributed by atoms with E-state index in [1.165, 1.54) is 18.2 Å². The van der Waals surface area contributed by atoms with Crippen LogP contribution in [-0.4, -0.2) is 23.9 Å². The van der Waals surface area contributed by atoms with Gasteiger partial charge in [0, 0.05) is 32.7 Å². The summed E-state index contributed by atoms with van der Waals surface area (Å²) in [7, 11) is 0. The molecule has 1 rings (SSSR count). The van der Waals surface area contributed by atoms with Crippen molar-refractivity contribution >= 4 is 47.4 Å². The molecule has 0 heterocycles. The molecule has 0 saturated heterocycles. The van der Waals surface area contributed by atoms with Crippen molar-refractivity contribution in [2.45, 2.75) is 27.7 Å². The lowest BCUT2D eigenvalue weighted by atomic mass is 10.2. The zero-order valence-electron chi connectivity index (χ0n) is 13.9. The number of ether oxygens (including phenoxy) is 4. The van der Waals surface area contributed by atoms with Gasteiger partial charge in [-0.15, -0.1) is 0 Å². The maximum absolute atomic E-state index is 11.3. The zero-order valence-corrected chi connectivity index (χ0v) is 14.6. The summed E-state index contributed by atoms with van der Waals surface area (Å²) in [5, 5.41) is 0.170. The fourth-order valence-electron chi connectivity index (χ4n) is 1.65. The van der Waals surface area contributed by atoms with Crippen molar-refractivity contribution in [2.24, 2.45) is 0 Å². The highest BCUT2D eigenvalue weighted by Gasteiger charge is 2.15. The first-order chi connectivity index (χ1) is 11.6. The number of benzene rings is 1. The predicted octanol–water partition coefficient (Wildman–Crippen LogP) is 0.724. The van der Waals surface area contributed by atoms with E-state index in [4.69, 9.17) is 30.5 Å². The first-order valence-corrected chi connectivity index (χ1v) is 7.25. The fraction of sp³-hybridized carbons (Fsp3) is 0.250. The molecule has 0 spiro atoms. The largest absolute Gasteiger partial charge is 0.392 e. The van der Waals surface area contributed by atoms with Gasteiger partial charge in [-0.1, -0.05) is 11.6 Å². The second kappa shape index (κ2) is 8.84. The molecule has 25 heavy (non-hydrogen) atoms. The van der Waals surface area contributed by atoms with E-state index < -0.39 is 35.8 Å². The Morgan fingerprint density at radius 1 is 0.680 bits per heavy atom.